The smallest absolute Gasteiger partial charge is 0.182 e. The topological polar surface area (TPSA) is 82.6 Å². The van der Waals surface area contributed by atoms with E-state index in [4.69, 9.17) is 16.6 Å². The number of imidazole rings is 1. The number of nitrogens with one attached hydrogen (secondary N) is 2. The molecule has 0 radical (unpaired) electrons. The Hall–Kier alpha value is -2.93. The summed E-state index contributed by atoms with van der Waals surface area (Å²) in [5.41, 5.74) is 4.68. The lowest BCUT2D eigenvalue weighted by atomic mass is 9.99. The fraction of sp³-hybridized carbons (Fsp3) is 0.333. The second-order valence-corrected chi connectivity index (χ2v) is 7.84. The molecule has 1 aliphatic rings. The summed E-state index contributed by atoms with van der Waals surface area (Å²) >= 11 is 6.67. The van der Waals surface area contributed by atoms with Gasteiger partial charge in [-0.15, -0.1) is 0 Å². The van der Waals surface area contributed by atoms with E-state index in [1.54, 1.807) is 6.33 Å². The maximum absolute atomic E-state index is 6.67. The van der Waals surface area contributed by atoms with E-state index in [2.05, 4.69) is 43.1 Å². The molecule has 0 spiro atoms. The van der Waals surface area contributed by atoms with Crippen molar-refractivity contribution in [3.05, 3.63) is 47.6 Å². The summed E-state index contributed by atoms with van der Waals surface area (Å²) in [7, 11) is 0. The zero-order valence-corrected chi connectivity index (χ0v) is 16.9. The predicted molar refractivity (Wildman–Crippen MR) is 117 cm³/mol. The van der Waals surface area contributed by atoms with Crippen LogP contribution in [0.3, 0.4) is 0 Å². The van der Waals surface area contributed by atoms with Gasteiger partial charge in [0.15, 0.2) is 11.5 Å². The van der Waals surface area contributed by atoms with Crippen LogP contribution in [0.1, 0.15) is 37.8 Å². The Labute approximate surface area is 173 Å². The van der Waals surface area contributed by atoms with Crippen LogP contribution >= 0.6 is 11.6 Å². The van der Waals surface area contributed by atoms with Crippen LogP contribution in [0, 0.1) is 0 Å². The van der Waals surface area contributed by atoms with Gasteiger partial charge >= 0.3 is 0 Å². The minimum Gasteiger partial charge on any atom is -0.369 e. The Morgan fingerprint density at radius 1 is 1.14 bits per heavy atom. The van der Waals surface area contributed by atoms with Gasteiger partial charge in [0.05, 0.1) is 28.6 Å². The lowest BCUT2D eigenvalue weighted by Gasteiger charge is -2.33. The van der Waals surface area contributed by atoms with Gasteiger partial charge in [0.2, 0.25) is 0 Å². The lowest BCUT2D eigenvalue weighted by Crippen LogP contribution is -2.31. The zero-order chi connectivity index (χ0) is 19.8. The van der Waals surface area contributed by atoms with Gasteiger partial charge in [-0.2, -0.15) is 0 Å². The molecule has 1 saturated heterocycles. The van der Waals surface area contributed by atoms with E-state index in [1.165, 1.54) is 31.3 Å². The Kier molecular flexibility index (Phi) is 4.67. The van der Waals surface area contributed by atoms with Crippen molar-refractivity contribution < 1.29 is 0 Å². The molecule has 0 amide bonds. The first-order chi connectivity index (χ1) is 14.2. The molecular weight excluding hydrogens is 386 g/mol. The SMILES string of the molecule is CC(Nc1ncnc2nc[nH]c12)c1cc(Cl)c2cccnc2c1N1CCCCC1. The molecule has 29 heavy (non-hydrogen) atoms. The van der Waals surface area contributed by atoms with Gasteiger partial charge < -0.3 is 15.2 Å². The summed E-state index contributed by atoms with van der Waals surface area (Å²) < 4.78 is 0. The maximum Gasteiger partial charge on any atom is 0.182 e. The highest BCUT2D eigenvalue weighted by Crippen LogP contribution is 2.39. The highest BCUT2D eigenvalue weighted by molar-refractivity contribution is 6.36. The number of anilines is 2. The Bertz CT molecular complexity index is 1170. The first-order valence-electron chi connectivity index (χ1n) is 9.95. The van der Waals surface area contributed by atoms with Crippen molar-refractivity contribution >= 4 is 45.2 Å². The first-order valence-corrected chi connectivity index (χ1v) is 10.3. The molecule has 1 atom stereocenters. The van der Waals surface area contributed by atoms with Crippen molar-refractivity contribution in [3.8, 4) is 0 Å². The number of pyridine rings is 1. The molecule has 7 nitrogen and oxygen atoms in total. The van der Waals surface area contributed by atoms with E-state index in [-0.39, 0.29) is 6.04 Å². The minimum atomic E-state index is -0.0303. The Balaban J connectivity index is 1.62. The molecule has 148 valence electrons. The van der Waals surface area contributed by atoms with Crippen molar-refractivity contribution in [2.45, 2.75) is 32.2 Å². The van der Waals surface area contributed by atoms with Crippen LogP contribution in [0.15, 0.2) is 37.1 Å². The molecule has 1 fully saturated rings. The number of hydrogen-bond acceptors (Lipinski definition) is 6. The summed E-state index contributed by atoms with van der Waals surface area (Å²) in [5.74, 6) is 0.724. The number of benzene rings is 1. The van der Waals surface area contributed by atoms with E-state index in [0.29, 0.717) is 10.7 Å². The van der Waals surface area contributed by atoms with Gasteiger partial charge in [-0.1, -0.05) is 11.6 Å². The average molecular weight is 408 g/mol. The van der Waals surface area contributed by atoms with Gasteiger partial charge in [-0.25, -0.2) is 15.0 Å². The van der Waals surface area contributed by atoms with E-state index >= 15 is 0 Å². The summed E-state index contributed by atoms with van der Waals surface area (Å²) in [6.45, 7) is 4.19. The van der Waals surface area contributed by atoms with Gasteiger partial charge in [-0.3, -0.25) is 4.98 Å². The number of aromatic nitrogens is 5. The van der Waals surface area contributed by atoms with E-state index in [9.17, 15) is 0 Å². The number of nitrogens with zero attached hydrogens (tertiary/aromatic N) is 5. The number of rotatable bonds is 4. The van der Waals surface area contributed by atoms with Gasteiger partial charge in [-0.05, 0) is 44.4 Å². The zero-order valence-electron chi connectivity index (χ0n) is 16.2. The van der Waals surface area contributed by atoms with Crippen LogP contribution in [-0.4, -0.2) is 38.0 Å². The number of fused-ring (bicyclic) bond motifs is 2. The molecule has 1 aliphatic heterocycles. The lowest BCUT2D eigenvalue weighted by molar-refractivity contribution is 0.576. The first kappa shape index (κ1) is 18.1. The van der Waals surface area contributed by atoms with E-state index in [0.717, 1.165) is 40.9 Å². The number of hydrogen-bond donors (Lipinski definition) is 2. The van der Waals surface area contributed by atoms with Crippen molar-refractivity contribution in [3.63, 3.8) is 0 Å². The standard InChI is InChI=1S/C21H22ClN7/c1-13(28-21-18-20(25-11-24-18)26-12-27-21)15-10-16(22)14-6-5-7-23-17(14)19(15)29-8-3-2-4-9-29/h5-7,10-13H,2-4,8-9H2,1H3,(H2,24,25,26,27,28). The summed E-state index contributed by atoms with van der Waals surface area (Å²) in [6.07, 6.45) is 8.66. The van der Waals surface area contributed by atoms with Crippen molar-refractivity contribution in [2.24, 2.45) is 0 Å². The van der Waals surface area contributed by atoms with Crippen LogP contribution in [0.4, 0.5) is 11.5 Å². The second-order valence-electron chi connectivity index (χ2n) is 7.43. The fourth-order valence-corrected chi connectivity index (χ4v) is 4.41. The monoisotopic (exact) mass is 407 g/mol. The summed E-state index contributed by atoms with van der Waals surface area (Å²) in [5, 5.41) is 5.23. The van der Waals surface area contributed by atoms with E-state index < -0.39 is 0 Å². The quantitative estimate of drug-likeness (QED) is 0.509. The third kappa shape index (κ3) is 3.25. The van der Waals surface area contributed by atoms with Crippen LogP contribution in [0.5, 0.6) is 0 Å². The maximum atomic E-state index is 6.67. The molecular formula is C21H22ClN7. The third-order valence-corrected chi connectivity index (χ3v) is 5.87. The molecule has 0 saturated carbocycles. The highest BCUT2D eigenvalue weighted by atomic mass is 35.5. The molecule has 8 heteroatoms. The molecule has 0 bridgehead atoms. The van der Waals surface area contributed by atoms with Gasteiger partial charge in [0, 0.05) is 30.2 Å². The molecule has 1 aromatic carbocycles. The molecule has 2 N–H and O–H groups in total. The van der Waals surface area contributed by atoms with Crippen LogP contribution in [0.2, 0.25) is 5.02 Å². The summed E-state index contributed by atoms with van der Waals surface area (Å²) in [6, 6.07) is 6.01. The molecule has 4 heterocycles. The van der Waals surface area contributed by atoms with Gasteiger partial charge in [0.1, 0.15) is 11.8 Å². The number of aromatic amines is 1. The van der Waals surface area contributed by atoms with Crippen LogP contribution in [-0.2, 0) is 0 Å². The Morgan fingerprint density at radius 3 is 2.86 bits per heavy atom. The second kappa shape index (κ2) is 7.48. The number of piperidine rings is 1. The average Bonchev–Trinajstić information content (AvgIpc) is 3.24. The largest absolute Gasteiger partial charge is 0.369 e. The van der Waals surface area contributed by atoms with Crippen molar-refractivity contribution in [1.82, 2.24) is 24.9 Å². The Morgan fingerprint density at radius 2 is 2.00 bits per heavy atom. The summed E-state index contributed by atoms with van der Waals surface area (Å²) in [4.78, 5) is 23.1. The third-order valence-electron chi connectivity index (χ3n) is 5.56. The van der Waals surface area contributed by atoms with Crippen molar-refractivity contribution in [1.29, 1.82) is 0 Å². The van der Waals surface area contributed by atoms with Crippen LogP contribution < -0.4 is 10.2 Å². The molecule has 5 rings (SSSR count). The number of halogens is 1. The molecule has 0 aliphatic carbocycles. The van der Waals surface area contributed by atoms with E-state index in [1.807, 2.05) is 18.3 Å². The fourth-order valence-electron chi connectivity index (χ4n) is 4.14. The van der Waals surface area contributed by atoms with Crippen molar-refractivity contribution in [2.75, 3.05) is 23.3 Å². The number of H-pyrrole nitrogens is 1. The minimum absolute atomic E-state index is 0.0303. The molecule has 3 aromatic heterocycles. The predicted octanol–water partition coefficient (Wildman–Crippen LogP) is 4.72. The van der Waals surface area contributed by atoms with Crippen LogP contribution in [0.25, 0.3) is 22.1 Å². The molecule has 4 aromatic rings. The molecule has 1 unspecified atom stereocenters. The normalized spacial score (nSPS) is 15.7. The highest BCUT2D eigenvalue weighted by Gasteiger charge is 2.23. The van der Waals surface area contributed by atoms with Gasteiger partial charge in [0.25, 0.3) is 0 Å².